The molecule has 3 aromatic heterocycles. The molecule has 0 unspecified atom stereocenters. The van der Waals surface area contributed by atoms with Crippen LogP contribution in [-0.2, 0) is 6.54 Å². The summed E-state index contributed by atoms with van der Waals surface area (Å²) in [6.07, 6.45) is 1.82. The average molecular weight is 359 g/mol. The molecule has 26 heavy (non-hydrogen) atoms. The van der Waals surface area contributed by atoms with Gasteiger partial charge in [0.1, 0.15) is 0 Å². The molecule has 1 aliphatic heterocycles. The zero-order chi connectivity index (χ0) is 17.5. The first-order valence-corrected chi connectivity index (χ1v) is 9.29. The Bertz CT molecular complexity index is 1100. The molecule has 0 fully saturated rings. The third-order valence-electron chi connectivity index (χ3n) is 4.46. The molecular weight excluding hydrogens is 342 g/mol. The number of aromatic nitrogens is 2. The van der Waals surface area contributed by atoms with Crippen molar-refractivity contribution in [2.75, 3.05) is 10.4 Å². The van der Waals surface area contributed by atoms with Gasteiger partial charge in [-0.1, -0.05) is 12.1 Å². The lowest BCUT2D eigenvalue weighted by Gasteiger charge is -2.17. The number of hydrogen-bond donors (Lipinski definition) is 2. The van der Waals surface area contributed by atoms with Gasteiger partial charge < -0.3 is 5.43 Å². The molecule has 4 heterocycles. The van der Waals surface area contributed by atoms with Gasteiger partial charge in [0, 0.05) is 16.5 Å². The molecule has 0 atom stereocenters. The van der Waals surface area contributed by atoms with E-state index < -0.39 is 0 Å². The van der Waals surface area contributed by atoms with Gasteiger partial charge in [-0.25, -0.2) is 4.98 Å². The van der Waals surface area contributed by atoms with E-state index >= 15 is 0 Å². The number of thiophene rings is 1. The molecule has 128 valence electrons. The molecule has 6 heteroatoms. The Morgan fingerprint density at radius 2 is 2.04 bits per heavy atom. The molecule has 1 aliphatic rings. The van der Waals surface area contributed by atoms with Crippen LogP contribution in [0.5, 0.6) is 0 Å². The van der Waals surface area contributed by atoms with Crippen molar-refractivity contribution in [1.82, 2.24) is 15.5 Å². The summed E-state index contributed by atoms with van der Waals surface area (Å²) < 4.78 is 0. The van der Waals surface area contributed by atoms with Crippen LogP contribution in [0.4, 0.5) is 11.5 Å². The summed E-state index contributed by atoms with van der Waals surface area (Å²) >= 11 is 1.76. The van der Waals surface area contributed by atoms with Crippen molar-refractivity contribution < 1.29 is 0 Å². The molecule has 1 aromatic carbocycles. The smallest absolute Gasteiger partial charge is 0.170 e. The molecule has 5 rings (SSSR count). The lowest BCUT2D eigenvalue weighted by atomic mass is 10.1. The van der Waals surface area contributed by atoms with Gasteiger partial charge in [-0.2, -0.15) is 0 Å². The van der Waals surface area contributed by atoms with Crippen LogP contribution in [0.2, 0.25) is 0 Å². The fourth-order valence-corrected chi connectivity index (χ4v) is 4.00. The monoisotopic (exact) mass is 359 g/mol. The lowest BCUT2D eigenvalue weighted by Crippen LogP contribution is -2.35. The minimum Gasteiger partial charge on any atom is -0.300 e. The van der Waals surface area contributed by atoms with E-state index in [1.54, 1.807) is 11.3 Å². The molecule has 0 amide bonds. The molecule has 0 bridgehead atoms. The van der Waals surface area contributed by atoms with Crippen LogP contribution in [0.25, 0.3) is 21.5 Å². The summed E-state index contributed by atoms with van der Waals surface area (Å²) in [7, 11) is 0. The minimum absolute atomic E-state index is 0.713. The Morgan fingerprint density at radius 1 is 1.08 bits per heavy atom. The van der Waals surface area contributed by atoms with Crippen LogP contribution in [0.1, 0.15) is 10.4 Å². The topological polar surface area (TPSA) is 53.1 Å². The number of nitrogens with one attached hydrogen (secondary N) is 2. The van der Waals surface area contributed by atoms with Crippen LogP contribution in [-0.4, -0.2) is 9.97 Å². The number of fused-ring (bicyclic) bond motifs is 2. The van der Waals surface area contributed by atoms with Crippen molar-refractivity contribution in [3.05, 3.63) is 71.2 Å². The van der Waals surface area contributed by atoms with E-state index in [4.69, 9.17) is 4.98 Å². The maximum absolute atomic E-state index is 4.88. The normalized spacial score (nSPS) is 13.0. The second kappa shape index (κ2) is 6.09. The van der Waals surface area contributed by atoms with Crippen LogP contribution >= 0.6 is 11.3 Å². The summed E-state index contributed by atoms with van der Waals surface area (Å²) in [5.74, 6) is 0.917. The van der Waals surface area contributed by atoms with Crippen molar-refractivity contribution in [3.8, 4) is 10.6 Å². The van der Waals surface area contributed by atoms with Gasteiger partial charge in [-0.3, -0.25) is 9.99 Å². The summed E-state index contributed by atoms with van der Waals surface area (Å²) in [5.41, 5.74) is 10.6. The fourth-order valence-electron chi connectivity index (χ4n) is 3.16. The van der Waals surface area contributed by atoms with Crippen LogP contribution in [0, 0.1) is 6.92 Å². The minimum atomic E-state index is 0.713. The van der Waals surface area contributed by atoms with E-state index in [9.17, 15) is 0 Å². The first kappa shape index (κ1) is 15.3. The Labute approximate surface area is 155 Å². The van der Waals surface area contributed by atoms with Gasteiger partial charge in [-0.15, -0.1) is 16.9 Å². The summed E-state index contributed by atoms with van der Waals surface area (Å²) in [6.45, 7) is 2.83. The van der Waals surface area contributed by atoms with Crippen molar-refractivity contribution >= 4 is 33.7 Å². The van der Waals surface area contributed by atoms with E-state index in [0.717, 1.165) is 28.1 Å². The molecule has 0 saturated carbocycles. The summed E-state index contributed by atoms with van der Waals surface area (Å²) in [5, 5.41) is 3.18. The predicted octanol–water partition coefficient (Wildman–Crippen LogP) is 4.52. The molecule has 0 aliphatic carbocycles. The van der Waals surface area contributed by atoms with Gasteiger partial charge in [0.2, 0.25) is 0 Å². The van der Waals surface area contributed by atoms with Gasteiger partial charge in [-0.05, 0) is 55.0 Å². The second-order valence-corrected chi connectivity index (χ2v) is 7.62. The first-order chi connectivity index (χ1) is 12.8. The van der Waals surface area contributed by atoms with Crippen molar-refractivity contribution in [2.24, 2.45) is 0 Å². The maximum Gasteiger partial charge on any atom is 0.170 e. The number of hydrazine groups is 2. The fraction of sp³-hybridized carbons (Fsp3) is 0.100. The quantitative estimate of drug-likeness (QED) is 0.563. The van der Waals surface area contributed by atoms with Gasteiger partial charge in [0.25, 0.3) is 0 Å². The largest absolute Gasteiger partial charge is 0.300 e. The average Bonchev–Trinajstić information content (AvgIpc) is 3.28. The van der Waals surface area contributed by atoms with Crippen LogP contribution in [0.15, 0.2) is 60.8 Å². The van der Waals surface area contributed by atoms with Crippen LogP contribution in [0.3, 0.4) is 0 Å². The van der Waals surface area contributed by atoms with E-state index in [2.05, 4.69) is 71.4 Å². The standard InChI is InChI=1S/C20H17N5S/c1-13-4-9-19(26-13)17-7-8-18-20(22-17)25(24-23-18)12-14-5-6-16-15(11-14)3-2-10-21-16/h2-11,23-24H,12H2,1H3. The maximum atomic E-state index is 4.88. The number of aryl methyl sites for hydroxylation is 1. The zero-order valence-electron chi connectivity index (χ0n) is 14.2. The van der Waals surface area contributed by atoms with E-state index in [0.29, 0.717) is 6.54 Å². The Hall–Kier alpha value is -2.96. The molecule has 0 spiro atoms. The number of anilines is 2. The summed E-state index contributed by atoms with van der Waals surface area (Å²) in [6, 6.07) is 18.8. The predicted molar refractivity (Wildman–Crippen MR) is 107 cm³/mol. The molecule has 4 aromatic rings. The van der Waals surface area contributed by atoms with E-state index in [1.807, 2.05) is 17.3 Å². The molecular formula is C20H17N5S. The molecule has 2 N–H and O–H groups in total. The third kappa shape index (κ3) is 2.69. The number of hydrogen-bond acceptors (Lipinski definition) is 6. The molecule has 0 radical (unpaired) electrons. The second-order valence-electron chi connectivity index (χ2n) is 6.33. The number of rotatable bonds is 3. The number of benzene rings is 1. The van der Waals surface area contributed by atoms with Crippen molar-refractivity contribution in [2.45, 2.75) is 13.5 Å². The highest BCUT2D eigenvalue weighted by Crippen LogP contribution is 2.33. The van der Waals surface area contributed by atoms with Gasteiger partial charge >= 0.3 is 0 Å². The molecule has 5 nitrogen and oxygen atoms in total. The first-order valence-electron chi connectivity index (χ1n) is 8.47. The highest BCUT2D eigenvalue weighted by Gasteiger charge is 2.21. The van der Waals surface area contributed by atoms with Crippen molar-refractivity contribution in [1.29, 1.82) is 0 Å². The summed E-state index contributed by atoms with van der Waals surface area (Å²) in [4.78, 5) is 11.7. The SMILES string of the molecule is Cc1ccc(-c2ccc3c(n2)N(Cc2ccc4ncccc4c2)NN3)s1. The highest BCUT2D eigenvalue weighted by molar-refractivity contribution is 7.15. The lowest BCUT2D eigenvalue weighted by molar-refractivity contribution is 0.718. The highest BCUT2D eigenvalue weighted by atomic mass is 32.1. The number of nitrogens with zero attached hydrogens (tertiary/aromatic N) is 3. The zero-order valence-corrected chi connectivity index (χ0v) is 15.0. The number of pyridine rings is 2. The Morgan fingerprint density at radius 3 is 2.92 bits per heavy atom. The van der Waals surface area contributed by atoms with E-state index in [1.165, 1.54) is 15.3 Å². The van der Waals surface area contributed by atoms with Crippen molar-refractivity contribution in [3.63, 3.8) is 0 Å². The van der Waals surface area contributed by atoms with Crippen LogP contribution < -0.4 is 16.0 Å². The van der Waals surface area contributed by atoms with Gasteiger partial charge in [0.15, 0.2) is 5.82 Å². The third-order valence-corrected chi connectivity index (χ3v) is 5.48. The molecule has 0 saturated heterocycles. The Kier molecular flexibility index (Phi) is 3.58. The van der Waals surface area contributed by atoms with E-state index in [-0.39, 0.29) is 0 Å². The van der Waals surface area contributed by atoms with Gasteiger partial charge in [0.05, 0.1) is 28.3 Å². The Balaban J connectivity index is 1.46.